The normalized spacial score (nSPS) is 20.1. The summed E-state index contributed by atoms with van der Waals surface area (Å²) >= 11 is 0. The Morgan fingerprint density at radius 1 is 1.18 bits per heavy atom. The number of hydrogen-bond acceptors (Lipinski definition) is 4. The Hall–Kier alpha value is -1.33. The molecular formula is C17H29NO4. The second-order valence-corrected chi connectivity index (χ2v) is 6.52. The number of hydrogen-bond donors (Lipinski definition) is 1. The monoisotopic (exact) mass is 311 g/mol. The number of carbonyl (C=O) groups excluding carboxylic acids is 1. The molecule has 5 nitrogen and oxygen atoms in total. The Labute approximate surface area is 133 Å². The summed E-state index contributed by atoms with van der Waals surface area (Å²) in [6.07, 6.45) is 10.1. The molecule has 1 saturated heterocycles. The summed E-state index contributed by atoms with van der Waals surface area (Å²) in [6.45, 7) is 8.56. The van der Waals surface area contributed by atoms with Gasteiger partial charge >= 0.3 is 6.09 Å². The van der Waals surface area contributed by atoms with Gasteiger partial charge in [0.15, 0.2) is 0 Å². The van der Waals surface area contributed by atoms with Gasteiger partial charge in [-0.1, -0.05) is 24.3 Å². The standard InChI is InChI=1S/C17H29NO4/c1-16(2)14-22-17(3,4)18(16)15(20)21-13-11-9-7-5-6-8-10-12-19/h8-11,19H,5-7,12-14H2,1-4H3/b10-8+,11-9-. The highest BCUT2D eigenvalue weighted by molar-refractivity contribution is 5.70. The number of aliphatic hydroxyl groups excluding tert-OH is 1. The van der Waals surface area contributed by atoms with Crippen LogP contribution in [0.25, 0.3) is 0 Å². The molecule has 0 radical (unpaired) electrons. The first-order chi connectivity index (χ1) is 10.3. The van der Waals surface area contributed by atoms with Crippen LogP contribution in [0.2, 0.25) is 0 Å². The maximum atomic E-state index is 12.2. The van der Waals surface area contributed by atoms with E-state index in [4.69, 9.17) is 14.6 Å². The Morgan fingerprint density at radius 3 is 2.36 bits per heavy atom. The van der Waals surface area contributed by atoms with Crippen molar-refractivity contribution in [2.45, 2.75) is 58.2 Å². The van der Waals surface area contributed by atoms with Gasteiger partial charge in [0.1, 0.15) is 12.3 Å². The van der Waals surface area contributed by atoms with Crippen molar-refractivity contribution in [1.29, 1.82) is 0 Å². The van der Waals surface area contributed by atoms with Crippen LogP contribution >= 0.6 is 0 Å². The lowest BCUT2D eigenvalue weighted by molar-refractivity contribution is -0.0503. The number of rotatable bonds is 7. The summed E-state index contributed by atoms with van der Waals surface area (Å²) in [5.74, 6) is 0. The van der Waals surface area contributed by atoms with Crippen LogP contribution in [-0.4, -0.2) is 47.2 Å². The van der Waals surface area contributed by atoms with E-state index < -0.39 is 5.72 Å². The third kappa shape index (κ3) is 5.46. The van der Waals surface area contributed by atoms with E-state index >= 15 is 0 Å². The van der Waals surface area contributed by atoms with Crippen molar-refractivity contribution >= 4 is 6.09 Å². The lowest BCUT2D eigenvalue weighted by Gasteiger charge is -2.36. The van der Waals surface area contributed by atoms with E-state index in [1.54, 1.807) is 11.0 Å². The molecule has 0 spiro atoms. The number of unbranched alkanes of at least 4 members (excludes halogenated alkanes) is 2. The molecule has 0 aromatic rings. The smallest absolute Gasteiger partial charge is 0.412 e. The third-order valence-corrected chi connectivity index (χ3v) is 3.59. The van der Waals surface area contributed by atoms with Crippen LogP contribution in [0.1, 0.15) is 47.0 Å². The molecule has 1 fully saturated rings. The average molecular weight is 311 g/mol. The van der Waals surface area contributed by atoms with Gasteiger partial charge in [0, 0.05) is 0 Å². The molecule has 0 saturated carbocycles. The van der Waals surface area contributed by atoms with E-state index in [1.165, 1.54) is 0 Å². The molecule has 0 aromatic carbocycles. The first-order valence-corrected chi connectivity index (χ1v) is 7.83. The fourth-order valence-electron chi connectivity index (χ4n) is 2.59. The van der Waals surface area contributed by atoms with Crippen LogP contribution in [0.15, 0.2) is 24.3 Å². The summed E-state index contributed by atoms with van der Waals surface area (Å²) in [5, 5.41) is 8.59. The summed E-state index contributed by atoms with van der Waals surface area (Å²) in [4.78, 5) is 13.9. The lowest BCUT2D eigenvalue weighted by Crippen LogP contribution is -2.52. The zero-order valence-corrected chi connectivity index (χ0v) is 14.2. The summed E-state index contributed by atoms with van der Waals surface area (Å²) in [6, 6.07) is 0. The van der Waals surface area contributed by atoms with Crippen molar-refractivity contribution in [3.63, 3.8) is 0 Å². The molecule has 1 heterocycles. The molecule has 0 aliphatic carbocycles. The fraction of sp³-hybridized carbons (Fsp3) is 0.706. The summed E-state index contributed by atoms with van der Waals surface area (Å²) < 4.78 is 11.0. The van der Waals surface area contributed by atoms with Gasteiger partial charge < -0.3 is 14.6 Å². The van der Waals surface area contributed by atoms with Crippen LogP contribution in [-0.2, 0) is 9.47 Å². The number of aliphatic hydroxyl groups is 1. The van der Waals surface area contributed by atoms with Gasteiger partial charge in [-0.25, -0.2) is 4.79 Å². The minimum Gasteiger partial charge on any atom is -0.445 e. The minimum atomic E-state index is -0.636. The summed E-state index contributed by atoms with van der Waals surface area (Å²) in [5.41, 5.74) is -0.993. The molecule has 1 aliphatic heterocycles. The van der Waals surface area contributed by atoms with Gasteiger partial charge in [0.25, 0.3) is 0 Å². The van der Waals surface area contributed by atoms with Gasteiger partial charge in [-0.3, -0.25) is 4.90 Å². The van der Waals surface area contributed by atoms with Gasteiger partial charge in [-0.15, -0.1) is 0 Å². The van der Waals surface area contributed by atoms with E-state index in [0.29, 0.717) is 6.61 Å². The number of amides is 1. The van der Waals surface area contributed by atoms with Crippen molar-refractivity contribution < 1.29 is 19.4 Å². The Kier molecular flexibility index (Phi) is 7.10. The first-order valence-electron chi connectivity index (χ1n) is 7.83. The van der Waals surface area contributed by atoms with Crippen LogP contribution in [0.4, 0.5) is 4.79 Å². The molecular weight excluding hydrogens is 282 g/mol. The van der Waals surface area contributed by atoms with Crippen LogP contribution < -0.4 is 0 Å². The van der Waals surface area contributed by atoms with Crippen LogP contribution in [0.5, 0.6) is 0 Å². The Balaban J connectivity index is 2.30. The molecule has 0 atom stereocenters. The topological polar surface area (TPSA) is 59.0 Å². The molecule has 0 aromatic heterocycles. The van der Waals surface area contributed by atoms with Crippen LogP contribution in [0, 0.1) is 0 Å². The Morgan fingerprint density at radius 2 is 1.82 bits per heavy atom. The van der Waals surface area contributed by atoms with E-state index in [9.17, 15) is 4.79 Å². The number of nitrogens with zero attached hydrogens (tertiary/aromatic N) is 1. The van der Waals surface area contributed by atoms with Crippen molar-refractivity contribution in [1.82, 2.24) is 4.90 Å². The average Bonchev–Trinajstić information content (AvgIpc) is 2.65. The minimum absolute atomic E-state index is 0.0959. The second-order valence-electron chi connectivity index (χ2n) is 6.52. The van der Waals surface area contributed by atoms with E-state index in [1.807, 2.05) is 45.9 Å². The van der Waals surface area contributed by atoms with E-state index in [0.717, 1.165) is 19.3 Å². The van der Waals surface area contributed by atoms with Gasteiger partial charge in [0.2, 0.25) is 0 Å². The van der Waals surface area contributed by atoms with E-state index in [2.05, 4.69) is 0 Å². The maximum absolute atomic E-state index is 12.2. The molecule has 22 heavy (non-hydrogen) atoms. The molecule has 0 bridgehead atoms. The molecule has 1 amide bonds. The zero-order valence-electron chi connectivity index (χ0n) is 14.2. The molecule has 1 aliphatic rings. The number of allylic oxidation sites excluding steroid dienone is 2. The molecule has 126 valence electrons. The lowest BCUT2D eigenvalue weighted by atomic mass is 10.0. The molecule has 1 N–H and O–H groups in total. The quantitative estimate of drug-likeness (QED) is 0.579. The van der Waals surface area contributed by atoms with Crippen molar-refractivity contribution in [2.75, 3.05) is 19.8 Å². The molecule has 1 rings (SSSR count). The highest BCUT2D eigenvalue weighted by atomic mass is 16.6. The predicted octanol–water partition coefficient (Wildman–Crippen LogP) is 3.24. The highest BCUT2D eigenvalue weighted by Gasteiger charge is 2.49. The second kappa shape index (κ2) is 8.34. The Bertz CT molecular complexity index is 397. The van der Waals surface area contributed by atoms with Crippen molar-refractivity contribution in [2.24, 2.45) is 0 Å². The number of ether oxygens (including phenoxy) is 2. The maximum Gasteiger partial charge on any atom is 0.412 e. The SMILES string of the molecule is CC1(C)COC(C)(C)N1C(=O)OC/C=C\CCC/C=C/CO. The molecule has 0 unspecified atom stereocenters. The molecule has 5 heteroatoms. The van der Waals surface area contributed by atoms with E-state index in [-0.39, 0.29) is 24.8 Å². The third-order valence-electron chi connectivity index (χ3n) is 3.59. The number of carbonyl (C=O) groups is 1. The highest BCUT2D eigenvalue weighted by Crippen LogP contribution is 2.34. The van der Waals surface area contributed by atoms with Crippen molar-refractivity contribution in [3.8, 4) is 0 Å². The summed E-state index contributed by atoms with van der Waals surface area (Å²) in [7, 11) is 0. The fourth-order valence-corrected chi connectivity index (χ4v) is 2.59. The largest absolute Gasteiger partial charge is 0.445 e. The van der Waals surface area contributed by atoms with Crippen molar-refractivity contribution in [3.05, 3.63) is 24.3 Å². The van der Waals surface area contributed by atoms with Gasteiger partial charge in [-0.2, -0.15) is 0 Å². The van der Waals surface area contributed by atoms with Crippen LogP contribution in [0.3, 0.4) is 0 Å². The zero-order chi connectivity index (χ0) is 16.6. The predicted molar refractivity (Wildman–Crippen MR) is 86.5 cm³/mol. The first kappa shape index (κ1) is 18.7. The van der Waals surface area contributed by atoms with Gasteiger partial charge in [0.05, 0.1) is 18.8 Å². The van der Waals surface area contributed by atoms with Gasteiger partial charge in [-0.05, 0) is 47.0 Å².